The van der Waals surface area contributed by atoms with Crippen LogP contribution in [0.1, 0.15) is 77.0 Å². The van der Waals surface area contributed by atoms with Crippen LogP contribution in [0.5, 0.6) is 0 Å². The fraction of sp³-hybridized carbons (Fsp3) is 0.833. The van der Waals surface area contributed by atoms with Crippen LogP contribution in [0.2, 0.25) is 0 Å². The molecule has 3 saturated carbocycles. The summed E-state index contributed by atoms with van der Waals surface area (Å²) in [5.41, 5.74) is 0. The Morgan fingerprint density at radius 2 is 1.18 bits per heavy atom. The normalized spacial score (nSPS) is 43.0. The first-order chi connectivity index (χ1) is 31.3. The molecule has 374 valence electrons. The molecule has 6 fully saturated rings. The third-order valence-electron chi connectivity index (χ3n) is 13.3. The summed E-state index contributed by atoms with van der Waals surface area (Å²) in [6.07, 6.45) is -20.9. The molecule has 0 bridgehead atoms. The summed E-state index contributed by atoms with van der Waals surface area (Å²) in [6.45, 7) is -1.41. The van der Waals surface area contributed by atoms with Gasteiger partial charge in [0.25, 0.3) is 0 Å². The van der Waals surface area contributed by atoms with Crippen LogP contribution in [0, 0.1) is 17.8 Å². The first-order valence-electron chi connectivity index (χ1n) is 22.3. The van der Waals surface area contributed by atoms with E-state index in [0.717, 1.165) is 6.08 Å². The summed E-state index contributed by atoms with van der Waals surface area (Å²) in [7, 11) is 0. The molecule has 0 aromatic heterocycles. The molecule has 0 radical (unpaired) electrons. The van der Waals surface area contributed by atoms with Gasteiger partial charge in [0.1, 0.15) is 68.8 Å². The van der Waals surface area contributed by atoms with E-state index in [0.29, 0.717) is 38.5 Å². The van der Waals surface area contributed by atoms with Gasteiger partial charge in [-0.1, -0.05) is 6.08 Å². The Labute approximate surface area is 377 Å². The number of ether oxygens (including phenoxy) is 8. The minimum absolute atomic E-state index is 0.0609. The van der Waals surface area contributed by atoms with Gasteiger partial charge in [0.2, 0.25) is 0 Å². The number of carboxylic acids is 2. The summed E-state index contributed by atoms with van der Waals surface area (Å²) in [5.74, 6) is -7.60. The number of allylic oxidation sites excluding steroid dienone is 1. The Balaban J connectivity index is 1.17. The second kappa shape index (κ2) is 23.2. The molecule has 3 saturated heterocycles. The number of carboxylic acid groups (broad SMARTS) is 2. The average Bonchev–Trinajstić information content (AvgIpc) is 3.25. The Morgan fingerprint density at radius 1 is 0.561 bits per heavy atom. The molecule has 0 aromatic rings. The molecule has 6 aliphatic rings. The van der Waals surface area contributed by atoms with Crippen molar-refractivity contribution in [3.8, 4) is 0 Å². The summed E-state index contributed by atoms with van der Waals surface area (Å²) in [5, 5.41) is 114. The van der Waals surface area contributed by atoms with Gasteiger partial charge in [0.15, 0.2) is 18.7 Å². The Morgan fingerprint density at radius 3 is 1.85 bits per heavy atom. The topological polar surface area (TPSA) is 382 Å². The molecule has 19 unspecified atom stereocenters. The predicted octanol–water partition coefficient (Wildman–Crippen LogP) is -3.48. The zero-order chi connectivity index (χ0) is 48.0. The number of carbonyl (C=O) groups is 5. The SMILES string of the molecule is O=C(O)CC(=O)OCC1OC(OC2CC(O)CC3OC(C4CCC(O)CC4)C(OC4OC(COC(=O)C=CC5CCC(O)C(O)C5)C(O)C(O)C4O)CC23)C(O)C(O)C1OC(=O)CC(=O)O. The molecule has 0 amide bonds. The van der Waals surface area contributed by atoms with Crippen molar-refractivity contribution in [2.45, 2.75) is 187 Å². The molecule has 24 nitrogen and oxygen atoms in total. The molecule has 6 rings (SSSR count). The van der Waals surface area contributed by atoms with Gasteiger partial charge in [0, 0.05) is 18.4 Å². The monoisotopic (exact) mass is 950 g/mol. The molecule has 11 N–H and O–H groups in total. The van der Waals surface area contributed by atoms with E-state index in [1.54, 1.807) is 6.08 Å². The van der Waals surface area contributed by atoms with Crippen LogP contribution in [-0.4, -0.2) is 209 Å². The van der Waals surface area contributed by atoms with Crippen molar-refractivity contribution >= 4 is 29.8 Å². The van der Waals surface area contributed by atoms with E-state index in [-0.39, 0.29) is 37.5 Å². The third kappa shape index (κ3) is 13.4. The second-order valence-electron chi connectivity index (χ2n) is 18.1. The number of esters is 3. The van der Waals surface area contributed by atoms with E-state index in [1.807, 2.05) is 0 Å². The van der Waals surface area contributed by atoms with Crippen molar-refractivity contribution in [1.82, 2.24) is 0 Å². The number of aliphatic hydroxyl groups excluding tert-OH is 9. The van der Waals surface area contributed by atoms with Crippen LogP contribution in [-0.2, 0) is 61.9 Å². The van der Waals surface area contributed by atoms with Gasteiger partial charge in [-0.25, -0.2) is 4.79 Å². The molecule has 3 aliphatic carbocycles. The first-order valence-corrected chi connectivity index (χ1v) is 22.3. The number of rotatable bonds is 16. The van der Waals surface area contributed by atoms with Crippen molar-refractivity contribution in [3.63, 3.8) is 0 Å². The number of hydrogen-bond donors (Lipinski definition) is 11. The van der Waals surface area contributed by atoms with Crippen LogP contribution in [0.4, 0.5) is 0 Å². The largest absolute Gasteiger partial charge is 0.481 e. The highest BCUT2D eigenvalue weighted by molar-refractivity contribution is 5.90. The van der Waals surface area contributed by atoms with E-state index in [9.17, 15) is 69.9 Å². The number of aliphatic carboxylic acids is 2. The third-order valence-corrected chi connectivity index (χ3v) is 13.3. The van der Waals surface area contributed by atoms with E-state index in [4.69, 9.17) is 48.1 Å². The number of hydrogen-bond acceptors (Lipinski definition) is 22. The summed E-state index contributed by atoms with van der Waals surface area (Å²) in [6, 6.07) is 0. The maximum Gasteiger partial charge on any atom is 0.330 e. The van der Waals surface area contributed by atoms with Gasteiger partial charge < -0.3 is 94.1 Å². The van der Waals surface area contributed by atoms with E-state index < -0.39 is 172 Å². The zero-order valence-electron chi connectivity index (χ0n) is 35.9. The van der Waals surface area contributed by atoms with Gasteiger partial charge in [-0.15, -0.1) is 0 Å². The van der Waals surface area contributed by atoms with Crippen molar-refractivity contribution in [1.29, 1.82) is 0 Å². The Bertz CT molecular complexity index is 1690. The first kappa shape index (κ1) is 51.9. The molecule has 24 heteroatoms. The number of aliphatic hydroxyl groups is 9. The highest BCUT2D eigenvalue weighted by Gasteiger charge is 2.54. The highest BCUT2D eigenvalue weighted by atomic mass is 16.7. The summed E-state index contributed by atoms with van der Waals surface area (Å²) >= 11 is 0. The van der Waals surface area contributed by atoms with Gasteiger partial charge in [-0.2, -0.15) is 0 Å². The van der Waals surface area contributed by atoms with Crippen LogP contribution < -0.4 is 0 Å². The second-order valence-corrected chi connectivity index (χ2v) is 18.1. The summed E-state index contributed by atoms with van der Waals surface area (Å²) in [4.78, 5) is 59.3. The summed E-state index contributed by atoms with van der Waals surface area (Å²) < 4.78 is 46.5. The average molecular weight is 951 g/mol. The van der Waals surface area contributed by atoms with E-state index in [2.05, 4.69) is 0 Å². The maximum absolute atomic E-state index is 12.7. The molecular formula is C42H62O24. The van der Waals surface area contributed by atoms with Gasteiger partial charge in [0.05, 0.1) is 48.8 Å². The van der Waals surface area contributed by atoms with Crippen LogP contribution in [0.15, 0.2) is 12.2 Å². The number of fused-ring (bicyclic) bond motifs is 1. The Kier molecular flexibility index (Phi) is 18.3. The van der Waals surface area contributed by atoms with Gasteiger partial charge >= 0.3 is 29.8 Å². The van der Waals surface area contributed by atoms with Crippen LogP contribution >= 0.6 is 0 Å². The number of carbonyl (C=O) groups excluding carboxylic acids is 3. The molecular weight excluding hydrogens is 888 g/mol. The van der Waals surface area contributed by atoms with E-state index >= 15 is 0 Å². The lowest BCUT2D eigenvalue weighted by molar-refractivity contribution is -0.344. The molecule has 3 aliphatic heterocycles. The fourth-order valence-electron chi connectivity index (χ4n) is 9.75. The lowest BCUT2D eigenvalue weighted by Gasteiger charge is -2.52. The van der Waals surface area contributed by atoms with Crippen LogP contribution in [0.3, 0.4) is 0 Å². The highest BCUT2D eigenvalue weighted by Crippen LogP contribution is 2.45. The molecule has 66 heavy (non-hydrogen) atoms. The zero-order valence-corrected chi connectivity index (χ0v) is 35.9. The van der Waals surface area contributed by atoms with Crippen molar-refractivity contribution in [2.24, 2.45) is 17.8 Å². The fourth-order valence-corrected chi connectivity index (χ4v) is 9.75. The smallest absolute Gasteiger partial charge is 0.330 e. The molecule has 19 atom stereocenters. The van der Waals surface area contributed by atoms with Gasteiger partial charge in [-0.3, -0.25) is 19.2 Å². The quantitative estimate of drug-likeness (QED) is 0.0310. The minimum atomic E-state index is -2.03. The minimum Gasteiger partial charge on any atom is -0.481 e. The van der Waals surface area contributed by atoms with Gasteiger partial charge in [-0.05, 0) is 69.6 Å². The maximum atomic E-state index is 12.7. The predicted molar refractivity (Wildman–Crippen MR) is 212 cm³/mol. The lowest BCUT2D eigenvalue weighted by atomic mass is 9.73. The van der Waals surface area contributed by atoms with Crippen molar-refractivity contribution in [2.75, 3.05) is 13.2 Å². The standard InChI is InChI=1S/C42H62O24/c43-19-5-3-18(4-6-19)39-26(63-41-37(57)35(55)34(54)27(64-41)15-59-31(51)8-2-17-1-7-22(45)23(46)9-17)12-21-24(61-39)10-20(44)11-25(21)62-42-38(58)36(56)40(66-33(53)14-30(49)50)28(65-42)16-60-32(52)13-29(47)48/h2,8,17-28,34-46,54-58H,1,3-7,9-16H2,(H,47,48)(H,49,50). The van der Waals surface area contributed by atoms with Crippen LogP contribution in [0.25, 0.3) is 0 Å². The molecule has 0 aromatic carbocycles. The Hall–Kier alpha value is -3.47. The van der Waals surface area contributed by atoms with Crippen molar-refractivity contribution in [3.05, 3.63) is 12.2 Å². The lowest BCUT2D eigenvalue weighted by Crippen LogP contribution is -2.63. The van der Waals surface area contributed by atoms with Crippen molar-refractivity contribution < 1.29 is 118 Å². The van der Waals surface area contributed by atoms with E-state index in [1.165, 1.54) is 0 Å². The molecule has 0 spiro atoms. The molecule has 3 heterocycles.